The molecule has 0 amide bonds. The molecule has 0 saturated heterocycles. The zero-order chi connectivity index (χ0) is 18.6. The van der Waals surface area contributed by atoms with Gasteiger partial charge < -0.3 is 4.57 Å². The van der Waals surface area contributed by atoms with E-state index in [1.807, 2.05) is 32.2 Å². The number of benzene rings is 3. The summed E-state index contributed by atoms with van der Waals surface area (Å²) < 4.78 is 2.32. The number of aromatic nitrogens is 2. The lowest BCUT2D eigenvalue weighted by molar-refractivity contribution is 1.14. The number of nitrogens with zero attached hydrogens (tertiary/aromatic N) is 2. The monoisotopic (exact) mass is 350 g/mol. The second kappa shape index (κ2) is 7.46. The molecule has 2 heterocycles. The van der Waals surface area contributed by atoms with Gasteiger partial charge in [0.2, 0.25) is 0 Å². The highest BCUT2D eigenvalue weighted by atomic mass is 15.0. The van der Waals surface area contributed by atoms with Gasteiger partial charge in [0.25, 0.3) is 0 Å². The summed E-state index contributed by atoms with van der Waals surface area (Å²) in [5, 5.41) is 2.53. The van der Waals surface area contributed by atoms with Gasteiger partial charge in [-0.1, -0.05) is 80.6 Å². The molecular formula is C25H22N2. The Morgan fingerprint density at radius 2 is 1.15 bits per heavy atom. The third-order valence-corrected chi connectivity index (χ3v) is 4.65. The lowest BCUT2D eigenvalue weighted by Crippen LogP contribution is -1.98. The summed E-state index contributed by atoms with van der Waals surface area (Å²) in [5.41, 5.74) is 5.63. The standard InChI is InChI=1S/C23H16N2.C2H6/c1-2-9-17(10-3-1)23-22(15-8-16-24-23)25-20-13-6-4-11-18(20)19-12-5-7-14-21(19)25;1-2/h1-16H;1-2H3. The molecule has 0 spiro atoms. The van der Waals surface area contributed by atoms with Gasteiger partial charge in [0.15, 0.2) is 0 Å². The molecule has 5 aromatic rings. The first kappa shape index (κ1) is 17.0. The van der Waals surface area contributed by atoms with Crippen molar-refractivity contribution >= 4 is 21.8 Å². The van der Waals surface area contributed by atoms with Crippen LogP contribution in [0.4, 0.5) is 0 Å². The highest BCUT2D eigenvalue weighted by molar-refractivity contribution is 6.09. The van der Waals surface area contributed by atoms with Gasteiger partial charge >= 0.3 is 0 Å². The molecule has 3 aromatic carbocycles. The molecule has 0 bridgehead atoms. The number of rotatable bonds is 2. The van der Waals surface area contributed by atoms with Gasteiger partial charge in [0.05, 0.1) is 22.4 Å². The molecule has 0 radical (unpaired) electrons. The zero-order valence-corrected chi connectivity index (χ0v) is 15.6. The Bertz CT molecular complexity index is 1130. The number of hydrogen-bond donors (Lipinski definition) is 0. The molecule has 0 aliphatic heterocycles. The smallest absolute Gasteiger partial charge is 0.0942 e. The fourth-order valence-corrected chi connectivity index (χ4v) is 3.58. The van der Waals surface area contributed by atoms with E-state index < -0.39 is 0 Å². The van der Waals surface area contributed by atoms with E-state index in [4.69, 9.17) is 4.98 Å². The predicted molar refractivity (Wildman–Crippen MR) is 115 cm³/mol. The molecule has 0 aliphatic carbocycles. The van der Waals surface area contributed by atoms with E-state index in [0.29, 0.717) is 0 Å². The van der Waals surface area contributed by atoms with Gasteiger partial charge in [-0.15, -0.1) is 0 Å². The van der Waals surface area contributed by atoms with Crippen LogP contribution in [0.15, 0.2) is 97.2 Å². The molecule has 0 unspecified atom stereocenters. The topological polar surface area (TPSA) is 17.8 Å². The minimum absolute atomic E-state index is 0.995. The van der Waals surface area contributed by atoms with Gasteiger partial charge in [-0.25, -0.2) is 0 Å². The Morgan fingerprint density at radius 3 is 1.78 bits per heavy atom. The van der Waals surface area contributed by atoms with Gasteiger partial charge in [0.1, 0.15) is 0 Å². The van der Waals surface area contributed by atoms with Crippen molar-refractivity contribution in [1.29, 1.82) is 0 Å². The minimum Gasteiger partial charge on any atom is -0.307 e. The van der Waals surface area contributed by atoms with Crippen LogP contribution >= 0.6 is 0 Å². The van der Waals surface area contributed by atoms with Crippen LogP contribution in [0, 0.1) is 0 Å². The molecule has 2 heteroatoms. The first-order valence-corrected chi connectivity index (χ1v) is 9.42. The maximum Gasteiger partial charge on any atom is 0.0942 e. The predicted octanol–water partition coefficient (Wildman–Crippen LogP) is 6.87. The van der Waals surface area contributed by atoms with Crippen LogP contribution in [-0.2, 0) is 0 Å². The van der Waals surface area contributed by atoms with E-state index in [0.717, 1.165) is 16.9 Å². The average molecular weight is 350 g/mol. The van der Waals surface area contributed by atoms with Gasteiger partial charge in [-0.3, -0.25) is 4.98 Å². The van der Waals surface area contributed by atoms with Crippen LogP contribution in [0.1, 0.15) is 13.8 Å². The third kappa shape index (κ3) is 2.89. The van der Waals surface area contributed by atoms with Crippen LogP contribution < -0.4 is 0 Å². The number of para-hydroxylation sites is 2. The number of pyridine rings is 1. The Kier molecular flexibility index (Phi) is 4.71. The second-order valence-electron chi connectivity index (χ2n) is 6.11. The normalized spacial score (nSPS) is 10.6. The molecule has 2 aromatic heterocycles. The molecule has 0 fully saturated rings. The van der Waals surface area contributed by atoms with Crippen LogP contribution in [0.3, 0.4) is 0 Å². The molecule has 0 aliphatic rings. The van der Waals surface area contributed by atoms with Gasteiger partial charge in [-0.05, 0) is 24.3 Å². The highest BCUT2D eigenvalue weighted by Crippen LogP contribution is 2.34. The van der Waals surface area contributed by atoms with Crippen LogP contribution in [0.2, 0.25) is 0 Å². The third-order valence-electron chi connectivity index (χ3n) is 4.65. The molecule has 132 valence electrons. The minimum atomic E-state index is 0.995. The summed E-state index contributed by atoms with van der Waals surface area (Å²) in [6.07, 6.45) is 1.86. The van der Waals surface area contributed by atoms with Crippen molar-refractivity contribution < 1.29 is 0 Å². The van der Waals surface area contributed by atoms with Crippen molar-refractivity contribution in [3.8, 4) is 16.9 Å². The Morgan fingerprint density at radius 1 is 0.593 bits per heavy atom. The van der Waals surface area contributed by atoms with Crippen LogP contribution in [0.5, 0.6) is 0 Å². The summed E-state index contributed by atoms with van der Waals surface area (Å²) in [6.45, 7) is 4.00. The summed E-state index contributed by atoms with van der Waals surface area (Å²) in [7, 11) is 0. The fourth-order valence-electron chi connectivity index (χ4n) is 3.58. The van der Waals surface area contributed by atoms with Crippen molar-refractivity contribution in [2.75, 3.05) is 0 Å². The molecular weight excluding hydrogens is 328 g/mol. The van der Waals surface area contributed by atoms with Gasteiger partial charge in [0, 0.05) is 22.5 Å². The van der Waals surface area contributed by atoms with Crippen LogP contribution in [-0.4, -0.2) is 9.55 Å². The Labute approximate surface area is 159 Å². The summed E-state index contributed by atoms with van der Waals surface area (Å²) in [4.78, 5) is 4.70. The van der Waals surface area contributed by atoms with Crippen molar-refractivity contribution in [3.63, 3.8) is 0 Å². The van der Waals surface area contributed by atoms with E-state index in [1.165, 1.54) is 21.8 Å². The SMILES string of the molecule is CC.c1ccc(-c2ncccc2-n2c3ccccc3c3ccccc32)cc1. The number of fused-ring (bicyclic) bond motifs is 3. The van der Waals surface area contributed by atoms with Crippen molar-refractivity contribution in [2.24, 2.45) is 0 Å². The van der Waals surface area contributed by atoms with Crippen molar-refractivity contribution in [2.45, 2.75) is 13.8 Å². The quantitative estimate of drug-likeness (QED) is 0.339. The summed E-state index contributed by atoms with van der Waals surface area (Å²) in [5.74, 6) is 0. The van der Waals surface area contributed by atoms with Gasteiger partial charge in [-0.2, -0.15) is 0 Å². The largest absolute Gasteiger partial charge is 0.307 e. The molecule has 0 atom stereocenters. The molecule has 2 nitrogen and oxygen atoms in total. The van der Waals surface area contributed by atoms with E-state index >= 15 is 0 Å². The van der Waals surface area contributed by atoms with Crippen molar-refractivity contribution in [1.82, 2.24) is 9.55 Å². The van der Waals surface area contributed by atoms with Crippen molar-refractivity contribution in [3.05, 3.63) is 97.2 Å². The van der Waals surface area contributed by atoms with E-state index in [9.17, 15) is 0 Å². The molecule has 0 N–H and O–H groups in total. The molecule has 0 saturated carbocycles. The first-order valence-electron chi connectivity index (χ1n) is 9.42. The molecule has 5 rings (SSSR count). The van der Waals surface area contributed by atoms with E-state index in [2.05, 4.69) is 83.4 Å². The highest BCUT2D eigenvalue weighted by Gasteiger charge is 2.15. The van der Waals surface area contributed by atoms with E-state index in [1.54, 1.807) is 0 Å². The lowest BCUT2D eigenvalue weighted by atomic mass is 10.1. The lowest BCUT2D eigenvalue weighted by Gasteiger charge is -2.12. The summed E-state index contributed by atoms with van der Waals surface area (Å²) in [6, 6.07) is 31.6. The van der Waals surface area contributed by atoms with E-state index in [-0.39, 0.29) is 0 Å². The second-order valence-corrected chi connectivity index (χ2v) is 6.11. The fraction of sp³-hybridized carbons (Fsp3) is 0.0800. The first-order chi connectivity index (χ1) is 13.4. The number of hydrogen-bond acceptors (Lipinski definition) is 1. The average Bonchev–Trinajstić information content (AvgIpc) is 3.10. The Balaban J connectivity index is 0.000000872. The maximum absolute atomic E-state index is 4.70. The van der Waals surface area contributed by atoms with Crippen LogP contribution in [0.25, 0.3) is 38.8 Å². The zero-order valence-electron chi connectivity index (χ0n) is 15.6. The maximum atomic E-state index is 4.70. The molecule has 27 heavy (non-hydrogen) atoms. The summed E-state index contributed by atoms with van der Waals surface area (Å²) >= 11 is 0. The Hall–Kier alpha value is -3.39.